The van der Waals surface area contributed by atoms with Crippen LogP contribution in [0, 0.1) is 0 Å². The average molecular weight is 448 g/mol. The minimum atomic E-state index is -3.93. The molecule has 1 unspecified atom stereocenters. The zero-order chi connectivity index (χ0) is 22.3. The average Bonchev–Trinajstić information content (AvgIpc) is 3.30. The molecule has 0 radical (unpaired) electrons. The van der Waals surface area contributed by atoms with E-state index in [1.165, 1.54) is 31.4 Å². The van der Waals surface area contributed by atoms with Gasteiger partial charge in [0, 0.05) is 18.8 Å². The molecule has 9 nitrogen and oxygen atoms in total. The van der Waals surface area contributed by atoms with Gasteiger partial charge in [0.25, 0.3) is 15.9 Å². The van der Waals surface area contributed by atoms with Gasteiger partial charge in [0.1, 0.15) is 5.75 Å². The minimum Gasteiger partial charge on any atom is -0.497 e. The number of sulfonamides is 1. The Bertz CT molecular complexity index is 1020. The molecule has 10 heteroatoms. The molecule has 1 saturated heterocycles. The van der Waals surface area contributed by atoms with Crippen LogP contribution >= 0.6 is 0 Å². The number of hydrogen-bond donors (Lipinski definition) is 2. The number of hydrogen-bond acceptors (Lipinski definition) is 7. The predicted octanol–water partition coefficient (Wildman–Crippen LogP) is 1.95. The van der Waals surface area contributed by atoms with Crippen LogP contribution in [0.5, 0.6) is 5.75 Å². The molecule has 1 aliphatic heterocycles. The quantitative estimate of drug-likeness (QED) is 0.563. The largest absolute Gasteiger partial charge is 0.497 e. The summed E-state index contributed by atoms with van der Waals surface area (Å²) in [6.07, 6.45) is 1.83. The molecule has 1 aliphatic rings. The highest BCUT2D eigenvalue weighted by Crippen LogP contribution is 2.20. The van der Waals surface area contributed by atoms with E-state index in [4.69, 9.17) is 14.2 Å². The summed E-state index contributed by atoms with van der Waals surface area (Å²) in [6.45, 7) is 0.579. The van der Waals surface area contributed by atoms with Gasteiger partial charge in [-0.1, -0.05) is 6.07 Å². The maximum Gasteiger partial charge on any atom is 0.338 e. The number of amides is 1. The number of nitrogens with one attached hydrogen (secondary N) is 2. The Hall–Kier alpha value is -3.11. The fraction of sp³-hybridized carbons (Fsp3) is 0.333. The van der Waals surface area contributed by atoms with E-state index in [0.29, 0.717) is 24.6 Å². The fourth-order valence-corrected chi connectivity index (χ4v) is 4.07. The van der Waals surface area contributed by atoms with E-state index in [2.05, 4.69) is 10.0 Å². The summed E-state index contributed by atoms with van der Waals surface area (Å²) in [6, 6.07) is 11.8. The maximum absolute atomic E-state index is 12.6. The second-order valence-electron chi connectivity index (χ2n) is 6.88. The second-order valence-corrected chi connectivity index (χ2v) is 8.56. The summed E-state index contributed by atoms with van der Waals surface area (Å²) in [5, 5.41) is 2.65. The molecule has 1 atom stereocenters. The summed E-state index contributed by atoms with van der Waals surface area (Å²) in [4.78, 5) is 24.0. The Balaban J connectivity index is 1.57. The number of ether oxygens (including phenoxy) is 3. The number of anilines is 1. The highest BCUT2D eigenvalue weighted by atomic mass is 32.2. The summed E-state index contributed by atoms with van der Waals surface area (Å²) in [7, 11) is -2.42. The van der Waals surface area contributed by atoms with E-state index in [0.717, 1.165) is 12.8 Å². The molecule has 2 aromatic rings. The Morgan fingerprint density at radius 3 is 2.61 bits per heavy atom. The Labute approximate surface area is 180 Å². The molecule has 0 aliphatic carbocycles. The fourth-order valence-electron chi connectivity index (χ4n) is 2.96. The molecule has 1 amide bonds. The zero-order valence-corrected chi connectivity index (χ0v) is 17.8. The molecule has 0 bridgehead atoms. The molecule has 166 valence electrons. The number of carbonyl (C=O) groups is 2. The monoisotopic (exact) mass is 448 g/mol. The topological polar surface area (TPSA) is 120 Å². The third-order valence-corrected chi connectivity index (χ3v) is 5.99. The van der Waals surface area contributed by atoms with Crippen molar-refractivity contribution in [3.8, 4) is 5.75 Å². The molecule has 31 heavy (non-hydrogen) atoms. The van der Waals surface area contributed by atoms with Crippen LogP contribution in [0.2, 0.25) is 0 Å². The van der Waals surface area contributed by atoms with Gasteiger partial charge < -0.3 is 19.5 Å². The van der Waals surface area contributed by atoms with Crippen molar-refractivity contribution in [2.75, 3.05) is 31.6 Å². The first kappa shape index (κ1) is 22.6. The third kappa shape index (κ3) is 6.43. The molecule has 0 spiro atoms. The molecular weight excluding hydrogens is 424 g/mol. The molecule has 1 fully saturated rings. The van der Waals surface area contributed by atoms with Gasteiger partial charge in [0.2, 0.25) is 0 Å². The number of benzene rings is 2. The van der Waals surface area contributed by atoms with Crippen LogP contribution < -0.4 is 14.8 Å². The van der Waals surface area contributed by atoms with Gasteiger partial charge in [0.05, 0.1) is 23.7 Å². The molecular formula is C21H24N2O7S. The van der Waals surface area contributed by atoms with Gasteiger partial charge >= 0.3 is 5.97 Å². The summed E-state index contributed by atoms with van der Waals surface area (Å²) >= 11 is 0. The van der Waals surface area contributed by atoms with Crippen LogP contribution in [-0.2, 0) is 24.3 Å². The Morgan fingerprint density at radius 2 is 1.94 bits per heavy atom. The van der Waals surface area contributed by atoms with Crippen molar-refractivity contribution in [2.45, 2.75) is 23.8 Å². The summed E-state index contributed by atoms with van der Waals surface area (Å²) < 4.78 is 43.2. The van der Waals surface area contributed by atoms with E-state index in [1.807, 2.05) is 0 Å². The van der Waals surface area contributed by atoms with Crippen LogP contribution in [0.1, 0.15) is 23.2 Å². The Morgan fingerprint density at radius 1 is 1.16 bits per heavy atom. The number of carbonyl (C=O) groups excluding carboxylic acids is 2. The van der Waals surface area contributed by atoms with Crippen LogP contribution in [0.3, 0.4) is 0 Å². The lowest BCUT2D eigenvalue weighted by Crippen LogP contribution is -2.34. The van der Waals surface area contributed by atoms with Crippen molar-refractivity contribution in [3.05, 3.63) is 54.1 Å². The molecule has 0 aromatic heterocycles. The molecule has 1 heterocycles. The van der Waals surface area contributed by atoms with Crippen molar-refractivity contribution >= 4 is 27.6 Å². The van der Waals surface area contributed by atoms with E-state index >= 15 is 0 Å². The lowest BCUT2D eigenvalue weighted by Gasteiger charge is -2.11. The van der Waals surface area contributed by atoms with Crippen molar-refractivity contribution in [2.24, 2.45) is 0 Å². The predicted molar refractivity (Wildman–Crippen MR) is 113 cm³/mol. The van der Waals surface area contributed by atoms with E-state index in [1.54, 1.807) is 24.3 Å². The van der Waals surface area contributed by atoms with Crippen molar-refractivity contribution in [1.82, 2.24) is 5.32 Å². The van der Waals surface area contributed by atoms with Gasteiger partial charge in [0.15, 0.2) is 6.61 Å². The second kappa shape index (κ2) is 10.3. The molecule has 3 rings (SSSR count). The first-order valence-electron chi connectivity index (χ1n) is 9.70. The summed E-state index contributed by atoms with van der Waals surface area (Å²) in [5.74, 6) is -0.657. The van der Waals surface area contributed by atoms with Crippen molar-refractivity contribution in [1.29, 1.82) is 0 Å². The number of methoxy groups -OCH3 is 1. The normalized spacial score (nSPS) is 15.8. The van der Waals surface area contributed by atoms with E-state index in [-0.39, 0.29) is 16.6 Å². The van der Waals surface area contributed by atoms with Crippen molar-refractivity contribution < 1.29 is 32.2 Å². The van der Waals surface area contributed by atoms with Gasteiger partial charge in [-0.25, -0.2) is 13.2 Å². The standard InChI is InChI=1S/C21H24N2O7S/c1-28-17-9-7-16(8-10-17)23-31(26,27)19-6-2-4-15(12-19)21(25)30-14-20(24)22-13-18-5-3-11-29-18/h2,4,6-10,12,18,23H,3,5,11,13-14H2,1H3,(H,22,24). The van der Waals surface area contributed by atoms with E-state index in [9.17, 15) is 18.0 Å². The summed E-state index contributed by atoms with van der Waals surface area (Å²) in [5.41, 5.74) is 0.362. The molecule has 2 aromatic carbocycles. The van der Waals surface area contributed by atoms with Gasteiger partial charge in [-0.2, -0.15) is 0 Å². The third-order valence-electron chi connectivity index (χ3n) is 4.61. The number of esters is 1. The minimum absolute atomic E-state index is 0.0141. The van der Waals surface area contributed by atoms with Gasteiger partial charge in [-0.3, -0.25) is 9.52 Å². The van der Waals surface area contributed by atoms with E-state index < -0.39 is 28.5 Å². The highest BCUT2D eigenvalue weighted by molar-refractivity contribution is 7.92. The molecule has 0 saturated carbocycles. The van der Waals surface area contributed by atoms with Crippen LogP contribution in [0.25, 0.3) is 0 Å². The lowest BCUT2D eigenvalue weighted by atomic mass is 10.2. The van der Waals surface area contributed by atoms with Gasteiger partial charge in [-0.15, -0.1) is 0 Å². The van der Waals surface area contributed by atoms with Crippen LogP contribution in [-0.4, -0.2) is 53.3 Å². The molecule has 2 N–H and O–H groups in total. The van der Waals surface area contributed by atoms with Gasteiger partial charge in [-0.05, 0) is 55.3 Å². The SMILES string of the molecule is COc1ccc(NS(=O)(=O)c2cccc(C(=O)OCC(=O)NCC3CCCO3)c2)cc1. The van der Waals surface area contributed by atoms with Crippen LogP contribution in [0.15, 0.2) is 53.4 Å². The maximum atomic E-state index is 12.6. The zero-order valence-electron chi connectivity index (χ0n) is 17.0. The first-order chi connectivity index (χ1) is 14.9. The lowest BCUT2D eigenvalue weighted by molar-refractivity contribution is -0.124. The highest BCUT2D eigenvalue weighted by Gasteiger charge is 2.19. The Kier molecular flexibility index (Phi) is 7.48. The number of rotatable bonds is 9. The first-order valence-corrected chi connectivity index (χ1v) is 11.2. The van der Waals surface area contributed by atoms with Crippen molar-refractivity contribution in [3.63, 3.8) is 0 Å². The van der Waals surface area contributed by atoms with Crippen LogP contribution in [0.4, 0.5) is 5.69 Å². The smallest absolute Gasteiger partial charge is 0.338 e.